The van der Waals surface area contributed by atoms with Gasteiger partial charge in [-0.15, -0.1) is 0 Å². The van der Waals surface area contributed by atoms with E-state index in [9.17, 15) is 4.57 Å². The average Bonchev–Trinajstić information content (AvgIpc) is 2.46. The topological polar surface area (TPSA) is 44.8 Å². The van der Waals surface area contributed by atoms with Crippen LogP contribution in [-0.2, 0) is 18.1 Å². The summed E-state index contributed by atoms with van der Waals surface area (Å²) in [5.74, 6) is 0. The highest BCUT2D eigenvalue weighted by Crippen LogP contribution is 2.51. The predicted molar refractivity (Wildman–Crippen MR) is 86.1 cm³/mol. The van der Waals surface area contributed by atoms with Gasteiger partial charge in [0.1, 0.15) is 0 Å². The molecular formula is C16H25O4P. The zero-order valence-corrected chi connectivity index (χ0v) is 13.9. The number of rotatable bonds is 10. The molecule has 0 aliphatic rings. The van der Waals surface area contributed by atoms with Crippen molar-refractivity contribution in [3.05, 3.63) is 42.0 Å². The second-order valence-corrected chi connectivity index (χ2v) is 6.11. The van der Waals surface area contributed by atoms with Crippen molar-refractivity contribution >= 4 is 13.9 Å². The lowest BCUT2D eigenvalue weighted by Gasteiger charge is -2.21. The quantitative estimate of drug-likeness (QED) is 0.566. The SMILES string of the molecule is CCCC(/C=C/c1ccccc1)OP(=O)(OCC)OCC. The van der Waals surface area contributed by atoms with Crippen LogP contribution in [-0.4, -0.2) is 19.3 Å². The van der Waals surface area contributed by atoms with E-state index in [-0.39, 0.29) is 6.10 Å². The van der Waals surface area contributed by atoms with Gasteiger partial charge in [0.05, 0.1) is 19.3 Å². The molecule has 1 aromatic carbocycles. The molecule has 0 aliphatic carbocycles. The summed E-state index contributed by atoms with van der Waals surface area (Å²) in [4.78, 5) is 0. The Bertz CT molecular complexity index is 449. The van der Waals surface area contributed by atoms with E-state index in [1.54, 1.807) is 13.8 Å². The third-order valence-electron chi connectivity index (χ3n) is 2.72. The van der Waals surface area contributed by atoms with Crippen LogP contribution in [0.3, 0.4) is 0 Å². The Morgan fingerprint density at radius 1 is 1.10 bits per heavy atom. The van der Waals surface area contributed by atoms with Crippen LogP contribution in [0.4, 0.5) is 0 Å². The first-order chi connectivity index (χ1) is 10.1. The van der Waals surface area contributed by atoms with Gasteiger partial charge in [0.15, 0.2) is 0 Å². The normalized spacial score (nSPS) is 13.7. The van der Waals surface area contributed by atoms with E-state index in [2.05, 4.69) is 6.92 Å². The van der Waals surface area contributed by atoms with Crippen LogP contribution in [0.2, 0.25) is 0 Å². The van der Waals surface area contributed by atoms with Gasteiger partial charge in [0.25, 0.3) is 0 Å². The maximum atomic E-state index is 12.4. The molecule has 0 N–H and O–H groups in total. The van der Waals surface area contributed by atoms with E-state index in [1.807, 2.05) is 42.5 Å². The molecule has 1 aromatic rings. The highest BCUT2D eigenvalue weighted by Gasteiger charge is 2.28. The van der Waals surface area contributed by atoms with Gasteiger partial charge in [0.2, 0.25) is 0 Å². The highest BCUT2D eigenvalue weighted by atomic mass is 31.2. The Labute approximate surface area is 127 Å². The smallest absolute Gasteiger partial charge is 0.287 e. The van der Waals surface area contributed by atoms with Gasteiger partial charge in [-0.1, -0.05) is 55.8 Å². The van der Waals surface area contributed by atoms with Gasteiger partial charge in [0, 0.05) is 0 Å². The fourth-order valence-electron chi connectivity index (χ4n) is 1.83. The molecule has 0 heterocycles. The maximum absolute atomic E-state index is 12.4. The van der Waals surface area contributed by atoms with Crippen LogP contribution in [0, 0.1) is 0 Å². The molecule has 21 heavy (non-hydrogen) atoms. The molecule has 0 aliphatic heterocycles. The Kier molecular flexibility index (Phi) is 8.55. The fourth-order valence-corrected chi connectivity index (χ4v) is 3.17. The molecule has 1 unspecified atom stereocenters. The molecule has 0 bridgehead atoms. The minimum Gasteiger partial charge on any atom is -0.287 e. The molecule has 118 valence electrons. The van der Waals surface area contributed by atoms with Crippen LogP contribution in [0.25, 0.3) is 6.08 Å². The van der Waals surface area contributed by atoms with Crippen molar-refractivity contribution < 1.29 is 18.1 Å². The molecule has 1 atom stereocenters. The molecule has 0 spiro atoms. The summed E-state index contributed by atoms with van der Waals surface area (Å²) in [6, 6.07) is 9.92. The van der Waals surface area contributed by atoms with Gasteiger partial charge < -0.3 is 0 Å². The molecule has 0 aromatic heterocycles. The van der Waals surface area contributed by atoms with Gasteiger partial charge in [-0.05, 0) is 25.8 Å². The molecule has 0 amide bonds. The van der Waals surface area contributed by atoms with Crippen molar-refractivity contribution in [2.24, 2.45) is 0 Å². The molecule has 0 saturated heterocycles. The third-order valence-corrected chi connectivity index (χ3v) is 4.39. The summed E-state index contributed by atoms with van der Waals surface area (Å²) in [6.07, 6.45) is 5.25. The first kappa shape index (κ1) is 18.1. The lowest BCUT2D eigenvalue weighted by atomic mass is 10.1. The van der Waals surface area contributed by atoms with Crippen molar-refractivity contribution in [2.45, 2.75) is 39.7 Å². The van der Waals surface area contributed by atoms with Gasteiger partial charge >= 0.3 is 7.82 Å². The van der Waals surface area contributed by atoms with Crippen LogP contribution in [0.1, 0.15) is 39.2 Å². The van der Waals surface area contributed by atoms with Crippen molar-refractivity contribution in [3.63, 3.8) is 0 Å². The third kappa shape index (κ3) is 7.05. The zero-order chi connectivity index (χ0) is 15.6. The van der Waals surface area contributed by atoms with E-state index in [0.29, 0.717) is 13.2 Å². The first-order valence-corrected chi connectivity index (χ1v) is 8.90. The number of hydrogen-bond donors (Lipinski definition) is 0. The van der Waals surface area contributed by atoms with E-state index < -0.39 is 7.82 Å². The Hall–Kier alpha value is -0.930. The first-order valence-electron chi connectivity index (χ1n) is 7.44. The molecular weight excluding hydrogens is 287 g/mol. The van der Waals surface area contributed by atoms with Crippen LogP contribution >= 0.6 is 7.82 Å². The molecule has 0 radical (unpaired) electrons. The molecule has 0 saturated carbocycles. The molecule has 1 rings (SSSR count). The maximum Gasteiger partial charge on any atom is 0.475 e. The second kappa shape index (κ2) is 9.91. The molecule has 4 nitrogen and oxygen atoms in total. The van der Waals surface area contributed by atoms with E-state index in [4.69, 9.17) is 13.6 Å². The summed E-state index contributed by atoms with van der Waals surface area (Å²) in [5, 5.41) is 0. The minimum absolute atomic E-state index is 0.290. The lowest BCUT2D eigenvalue weighted by molar-refractivity contribution is 0.0976. The standard InChI is InChI=1S/C16H25O4P/c1-4-10-16(14-13-15-11-8-7-9-12-15)20-21(17,18-5-2)19-6-3/h7-9,11-14,16H,4-6,10H2,1-3H3/b14-13+. The average molecular weight is 312 g/mol. The van der Waals surface area contributed by atoms with Crippen molar-refractivity contribution in [1.29, 1.82) is 0 Å². The Balaban J connectivity index is 2.76. The Morgan fingerprint density at radius 2 is 1.71 bits per heavy atom. The largest absolute Gasteiger partial charge is 0.475 e. The van der Waals surface area contributed by atoms with Crippen LogP contribution in [0.5, 0.6) is 0 Å². The monoisotopic (exact) mass is 312 g/mol. The zero-order valence-electron chi connectivity index (χ0n) is 13.0. The van der Waals surface area contributed by atoms with Crippen LogP contribution in [0.15, 0.2) is 36.4 Å². The van der Waals surface area contributed by atoms with Crippen molar-refractivity contribution in [2.75, 3.05) is 13.2 Å². The highest BCUT2D eigenvalue weighted by molar-refractivity contribution is 7.48. The second-order valence-electron chi connectivity index (χ2n) is 4.49. The molecule has 5 heteroatoms. The van der Waals surface area contributed by atoms with E-state index in [0.717, 1.165) is 18.4 Å². The van der Waals surface area contributed by atoms with E-state index >= 15 is 0 Å². The number of phosphoric ester groups is 1. The summed E-state index contributed by atoms with van der Waals surface area (Å²) in [7, 11) is -3.48. The predicted octanol–water partition coefficient (Wildman–Crippen LogP) is 5.07. The van der Waals surface area contributed by atoms with E-state index in [1.165, 1.54) is 0 Å². The summed E-state index contributed by atoms with van der Waals surface area (Å²) in [5.41, 5.74) is 1.07. The Morgan fingerprint density at radius 3 is 2.24 bits per heavy atom. The molecule has 0 fully saturated rings. The lowest BCUT2D eigenvalue weighted by Crippen LogP contribution is -2.11. The summed E-state index contributed by atoms with van der Waals surface area (Å²) >= 11 is 0. The van der Waals surface area contributed by atoms with Crippen molar-refractivity contribution in [1.82, 2.24) is 0 Å². The number of hydrogen-bond acceptors (Lipinski definition) is 4. The van der Waals surface area contributed by atoms with Crippen molar-refractivity contribution in [3.8, 4) is 0 Å². The number of phosphoric acid groups is 1. The summed E-state index contributed by atoms with van der Waals surface area (Å²) in [6.45, 7) is 6.17. The van der Waals surface area contributed by atoms with Gasteiger partial charge in [-0.3, -0.25) is 13.6 Å². The minimum atomic E-state index is -3.48. The van der Waals surface area contributed by atoms with Gasteiger partial charge in [-0.2, -0.15) is 0 Å². The van der Waals surface area contributed by atoms with Crippen LogP contribution < -0.4 is 0 Å². The summed E-state index contributed by atoms with van der Waals surface area (Å²) < 4.78 is 28.4. The van der Waals surface area contributed by atoms with Gasteiger partial charge in [-0.25, -0.2) is 4.57 Å². The number of benzene rings is 1. The fraction of sp³-hybridized carbons (Fsp3) is 0.500.